The van der Waals surface area contributed by atoms with Crippen molar-refractivity contribution in [1.29, 1.82) is 0 Å². The lowest BCUT2D eigenvalue weighted by atomic mass is 9.84. The Bertz CT molecular complexity index is 177. The lowest BCUT2D eigenvalue weighted by molar-refractivity contribution is 0.0843. The van der Waals surface area contributed by atoms with Crippen molar-refractivity contribution in [1.82, 2.24) is 9.80 Å². The molecule has 2 nitrogen and oxygen atoms in total. The van der Waals surface area contributed by atoms with E-state index in [-0.39, 0.29) is 0 Å². The largest absolute Gasteiger partial charge is 0.304 e. The molecule has 0 atom stereocenters. The van der Waals surface area contributed by atoms with Crippen molar-refractivity contribution < 1.29 is 0 Å². The second kappa shape index (κ2) is 5.31. The highest BCUT2D eigenvalue weighted by Gasteiger charge is 2.26. The van der Waals surface area contributed by atoms with Gasteiger partial charge in [-0.1, -0.05) is 6.92 Å². The van der Waals surface area contributed by atoms with Crippen LogP contribution < -0.4 is 0 Å². The smallest absolute Gasteiger partial charge is 0.0113 e. The lowest BCUT2D eigenvalue weighted by Gasteiger charge is -2.41. The number of likely N-dealkylation sites (N-methyl/N-ethyl adjacent to an activating group) is 1. The molecule has 1 radical (unpaired) electrons. The molecule has 0 aromatic carbocycles. The van der Waals surface area contributed by atoms with Crippen molar-refractivity contribution in [2.45, 2.75) is 38.6 Å². The van der Waals surface area contributed by atoms with Crippen molar-refractivity contribution in [3.8, 4) is 0 Å². The van der Waals surface area contributed by atoms with Crippen molar-refractivity contribution >= 4 is 0 Å². The monoisotopic (exact) mass is 209 g/mol. The minimum atomic E-state index is 0.898. The molecule has 0 spiro atoms. The molecule has 0 N–H and O–H groups in total. The number of nitrogens with zero attached hydrogens (tertiary/aromatic N) is 2. The van der Waals surface area contributed by atoms with Gasteiger partial charge in [0.25, 0.3) is 0 Å². The van der Waals surface area contributed by atoms with Crippen molar-refractivity contribution in [2.75, 3.05) is 33.2 Å². The maximum atomic E-state index is 2.73. The molecule has 1 heterocycles. The number of hydrogen-bond acceptors (Lipinski definition) is 2. The van der Waals surface area contributed by atoms with Gasteiger partial charge in [-0.05, 0) is 45.1 Å². The molecule has 0 amide bonds. The summed E-state index contributed by atoms with van der Waals surface area (Å²) in [5, 5.41) is 0. The van der Waals surface area contributed by atoms with Gasteiger partial charge in [-0.2, -0.15) is 0 Å². The maximum absolute atomic E-state index is 2.73. The molecule has 1 aliphatic heterocycles. The van der Waals surface area contributed by atoms with Crippen LogP contribution in [-0.2, 0) is 0 Å². The average molecular weight is 209 g/mol. The molecule has 0 aromatic rings. The molecule has 1 aliphatic carbocycles. The van der Waals surface area contributed by atoms with E-state index in [1.807, 2.05) is 0 Å². The van der Waals surface area contributed by atoms with Crippen molar-refractivity contribution in [2.24, 2.45) is 5.92 Å². The third-order valence-corrected chi connectivity index (χ3v) is 4.27. The molecule has 87 valence electrons. The van der Waals surface area contributed by atoms with Crippen molar-refractivity contribution in [3.05, 3.63) is 6.42 Å². The zero-order valence-electron chi connectivity index (χ0n) is 10.3. The molecule has 1 saturated heterocycles. The van der Waals surface area contributed by atoms with Crippen LogP contribution in [0.2, 0.25) is 0 Å². The average Bonchev–Trinajstić information content (AvgIpc) is 2.30. The highest BCUT2D eigenvalue weighted by molar-refractivity contribution is 4.85. The summed E-state index contributed by atoms with van der Waals surface area (Å²) >= 11 is 0. The highest BCUT2D eigenvalue weighted by Crippen LogP contribution is 2.29. The first-order valence-electron chi connectivity index (χ1n) is 6.51. The van der Waals surface area contributed by atoms with Gasteiger partial charge in [0.05, 0.1) is 0 Å². The third kappa shape index (κ3) is 2.94. The van der Waals surface area contributed by atoms with E-state index in [1.54, 1.807) is 0 Å². The quantitative estimate of drug-likeness (QED) is 0.686. The molecule has 0 aromatic heterocycles. The Hall–Kier alpha value is -0.0800. The summed E-state index contributed by atoms with van der Waals surface area (Å²) in [5.41, 5.74) is 0. The van der Waals surface area contributed by atoms with Gasteiger partial charge in [-0.15, -0.1) is 0 Å². The van der Waals surface area contributed by atoms with Crippen LogP contribution in [0.5, 0.6) is 0 Å². The molecule has 2 fully saturated rings. The van der Waals surface area contributed by atoms with Crippen LogP contribution in [0, 0.1) is 12.3 Å². The summed E-state index contributed by atoms with van der Waals surface area (Å²) in [6, 6.07) is 0.898. The zero-order valence-corrected chi connectivity index (χ0v) is 10.3. The fourth-order valence-corrected chi connectivity index (χ4v) is 2.99. The predicted octanol–water partition coefficient (Wildman–Crippen LogP) is 2.02. The first-order chi connectivity index (χ1) is 7.29. The van der Waals surface area contributed by atoms with E-state index in [2.05, 4.69) is 30.2 Å². The van der Waals surface area contributed by atoms with Crippen LogP contribution in [0.15, 0.2) is 0 Å². The second-order valence-electron chi connectivity index (χ2n) is 5.24. The molecule has 2 aliphatic rings. The van der Waals surface area contributed by atoms with E-state index in [0.717, 1.165) is 12.0 Å². The SMILES string of the molecule is C[CH]C1CCC(N2CCN(C)CC2)CC1. The Morgan fingerprint density at radius 1 is 0.933 bits per heavy atom. The summed E-state index contributed by atoms with van der Waals surface area (Å²) < 4.78 is 0. The molecular weight excluding hydrogens is 184 g/mol. The summed E-state index contributed by atoms with van der Waals surface area (Å²) in [7, 11) is 2.24. The Kier molecular flexibility index (Phi) is 4.04. The van der Waals surface area contributed by atoms with Gasteiger partial charge in [-0.25, -0.2) is 0 Å². The molecule has 1 saturated carbocycles. The van der Waals surface area contributed by atoms with Gasteiger partial charge >= 0.3 is 0 Å². The molecule has 0 unspecified atom stereocenters. The number of piperazine rings is 1. The van der Waals surface area contributed by atoms with Crippen LogP contribution >= 0.6 is 0 Å². The second-order valence-corrected chi connectivity index (χ2v) is 5.24. The van der Waals surface area contributed by atoms with E-state index in [0.29, 0.717) is 0 Å². The van der Waals surface area contributed by atoms with E-state index in [1.165, 1.54) is 51.9 Å². The summed E-state index contributed by atoms with van der Waals surface area (Å²) in [4.78, 5) is 5.17. The molecule has 0 bridgehead atoms. The van der Waals surface area contributed by atoms with E-state index < -0.39 is 0 Å². The summed E-state index contributed by atoms with van der Waals surface area (Å²) in [6.45, 7) is 7.34. The Balaban J connectivity index is 1.75. The fraction of sp³-hybridized carbons (Fsp3) is 0.923. The van der Waals surface area contributed by atoms with Crippen LogP contribution in [0.3, 0.4) is 0 Å². The van der Waals surface area contributed by atoms with Crippen molar-refractivity contribution in [3.63, 3.8) is 0 Å². The normalized spacial score (nSPS) is 35.6. The maximum Gasteiger partial charge on any atom is 0.0113 e. The fourth-order valence-electron chi connectivity index (χ4n) is 2.99. The van der Waals surface area contributed by atoms with Gasteiger partial charge in [-0.3, -0.25) is 4.90 Å². The Morgan fingerprint density at radius 3 is 2.07 bits per heavy atom. The van der Waals surface area contributed by atoms with Crippen LogP contribution in [0.1, 0.15) is 32.6 Å². The number of rotatable bonds is 2. The van der Waals surface area contributed by atoms with E-state index >= 15 is 0 Å². The molecule has 2 heteroatoms. The zero-order chi connectivity index (χ0) is 10.7. The standard InChI is InChI=1S/C13H25N2/c1-3-12-4-6-13(7-5-12)15-10-8-14(2)9-11-15/h3,12-13H,4-11H2,1-2H3. The highest BCUT2D eigenvalue weighted by atomic mass is 15.3. The molecular formula is C13H25N2. The molecule has 15 heavy (non-hydrogen) atoms. The first-order valence-corrected chi connectivity index (χ1v) is 6.51. The van der Waals surface area contributed by atoms with E-state index in [9.17, 15) is 0 Å². The van der Waals surface area contributed by atoms with Gasteiger partial charge in [0, 0.05) is 32.2 Å². The van der Waals surface area contributed by atoms with Crippen LogP contribution in [-0.4, -0.2) is 49.1 Å². The summed E-state index contributed by atoms with van der Waals surface area (Å²) in [5.74, 6) is 0.911. The third-order valence-electron chi connectivity index (χ3n) is 4.27. The summed E-state index contributed by atoms with van der Waals surface area (Å²) in [6.07, 6.45) is 8.11. The number of hydrogen-bond donors (Lipinski definition) is 0. The predicted molar refractivity (Wildman–Crippen MR) is 64.8 cm³/mol. The minimum absolute atomic E-state index is 0.898. The minimum Gasteiger partial charge on any atom is -0.304 e. The van der Waals surface area contributed by atoms with Gasteiger partial charge in [0.2, 0.25) is 0 Å². The Morgan fingerprint density at radius 2 is 1.53 bits per heavy atom. The molecule has 2 rings (SSSR count). The Labute approximate surface area is 94.6 Å². The van der Waals surface area contributed by atoms with Gasteiger partial charge < -0.3 is 4.90 Å². The van der Waals surface area contributed by atoms with Gasteiger partial charge in [0.1, 0.15) is 0 Å². The van der Waals surface area contributed by atoms with Crippen LogP contribution in [0.25, 0.3) is 0 Å². The van der Waals surface area contributed by atoms with Gasteiger partial charge in [0.15, 0.2) is 0 Å². The topological polar surface area (TPSA) is 6.48 Å². The first kappa shape index (κ1) is 11.4. The van der Waals surface area contributed by atoms with Crippen LogP contribution in [0.4, 0.5) is 0 Å². The lowest BCUT2D eigenvalue weighted by Crippen LogP contribution is -2.49. The van der Waals surface area contributed by atoms with E-state index in [4.69, 9.17) is 0 Å².